The molecule has 3 rings (SSSR count). The molecule has 1 aromatic heterocycles. The number of thiazole rings is 1. The Kier molecular flexibility index (Phi) is 4.23. The summed E-state index contributed by atoms with van der Waals surface area (Å²) in [4.78, 5) is 6.55. The molecule has 2 nitrogen and oxygen atoms in total. The lowest BCUT2D eigenvalue weighted by Crippen LogP contribution is -2.28. The molecule has 1 saturated carbocycles. The maximum Gasteiger partial charge on any atom is 0.110 e. The molecular weight excluding hydrogens is 252 g/mol. The van der Waals surface area contributed by atoms with Gasteiger partial charge in [0, 0.05) is 4.88 Å². The van der Waals surface area contributed by atoms with Crippen molar-refractivity contribution in [1.82, 2.24) is 10.3 Å². The molecule has 0 bridgehead atoms. The lowest BCUT2D eigenvalue weighted by molar-refractivity contribution is 0.237. The molecule has 2 aliphatic rings. The molecule has 19 heavy (non-hydrogen) atoms. The van der Waals surface area contributed by atoms with Crippen LogP contribution in [0, 0.1) is 11.8 Å². The Morgan fingerprint density at radius 3 is 2.58 bits per heavy atom. The summed E-state index contributed by atoms with van der Waals surface area (Å²) in [5, 5.41) is 4.93. The van der Waals surface area contributed by atoms with Gasteiger partial charge in [0.15, 0.2) is 0 Å². The lowest BCUT2D eigenvalue weighted by Gasteiger charge is -2.31. The average molecular weight is 278 g/mol. The molecule has 106 valence electrons. The van der Waals surface area contributed by atoms with Gasteiger partial charge in [0.1, 0.15) is 5.01 Å². The Morgan fingerprint density at radius 2 is 1.89 bits per heavy atom. The number of aryl methyl sites for hydroxylation is 2. The van der Waals surface area contributed by atoms with E-state index in [1.165, 1.54) is 62.1 Å². The predicted molar refractivity (Wildman–Crippen MR) is 81.7 cm³/mol. The van der Waals surface area contributed by atoms with Gasteiger partial charge in [-0.2, -0.15) is 0 Å². The van der Waals surface area contributed by atoms with E-state index in [9.17, 15) is 0 Å². The van der Waals surface area contributed by atoms with Gasteiger partial charge in [-0.3, -0.25) is 0 Å². The first-order valence-corrected chi connectivity index (χ1v) is 8.75. The zero-order chi connectivity index (χ0) is 13.2. The molecule has 1 heterocycles. The highest BCUT2D eigenvalue weighted by Crippen LogP contribution is 2.39. The topological polar surface area (TPSA) is 24.9 Å². The molecule has 3 heteroatoms. The van der Waals surface area contributed by atoms with Crippen LogP contribution in [0.4, 0.5) is 0 Å². The SMILES string of the molecule is CNC(c1nc2c(s1)CCCC2)C1CCC(C)CC1. The molecule has 1 fully saturated rings. The number of nitrogens with zero attached hydrogens (tertiary/aromatic N) is 1. The molecule has 0 amide bonds. The van der Waals surface area contributed by atoms with E-state index in [4.69, 9.17) is 4.98 Å². The Balaban J connectivity index is 1.76. The Hall–Kier alpha value is -0.410. The summed E-state index contributed by atoms with van der Waals surface area (Å²) < 4.78 is 0. The molecule has 1 N–H and O–H groups in total. The molecule has 0 aromatic carbocycles. The second-order valence-corrected chi connectivity index (χ2v) is 7.53. The van der Waals surface area contributed by atoms with Crippen LogP contribution >= 0.6 is 11.3 Å². The van der Waals surface area contributed by atoms with E-state index in [2.05, 4.69) is 19.3 Å². The van der Waals surface area contributed by atoms with E-state index in [1.54, 1.807) is 4.88 Å². The van der Waals surface area contributed by atoms with E-state index in [1.807, 2.05) is 11.3 Å². The van der Waals surface area contributed by atoms with Crippen LogP contribution < -0.4 is 5.32 Å². The minimum Gasteiger partial charge on any atom is -0.311 e. The number of aromatic nitrogens is 1. The smallest absolute Gasteiger partial charge is 0.110 e. The van der Waals surface area contributed by atoms with Gasteiger partial charge < -0.3 is 5.32 Å². The van der Waals surface area contributed by atoms with Crippen LogP contribution in [-0.2, 0) is 12.8 Å². The van der Waals surface area contributed by atoms with Crippen LogP contribution in [0.15, 0.2) is 0 Å². The first kappa shape index (κ1) is 13.6. The quantitative estimate of drug-likeness (QED) is 0.900. The number of nitrogens with one attached hydrogen (secondary N) is 1. The minimum atomic E-state index is 0.503. The molecule has 1 atom stereocenters. The van der Waals surface area contributed by atoms with Gasteiger partial charge >= 0.3 is 0 Å². The summed E-state index contributed by atoms with van der Waals surface area (Å²) in [7, 11) is 2.11. The molecule has 2 aliphatic carbocycles. The predicted octanol–water partition coefficient (Wildman–Crippen LogP) is 4.11. The van der Waals surface area contributed by atoms with E-state index in [-0.39, 0.29) is 0 Å². The molecule has 1 unspecified atom stereocenters. The van der Waals surface area contributed by atoms with Gasteiger partial charge in [0.05, 0.1) is 11.7 Å². The summed E-state index contributed by atoms with van der Waals surface area (Å²) >= 11 is 1.99. The van der Waals surface area contributed by atoms with Gasteiger partial charge in [0.25, 0.3) is 0 Å². The normalized spacial score (nSPS) is 28.9. The van der Waals surface area contributed by atoms with Crippen molar-refractivity contribution in [3.63, 3.8) is 0 Å². The van der Waals surface area contributed by atoms with E-state index >= 15 is 0 Å². The molecule has 1 aromatic rings. The second kappa shape index (κ2) is 5.92. The van der Waals surface area contributed by atoms with E-state index in [0.29, 0.717) is 6.04 Å². The van der Waals surface area contributed by atoms with Gasteiger partial charge in [-0.05, 0) is 57.4 Å². The number of rotatable bonds is 3. The second-order valence-electron chi connectivity index (χ2n) is 6.42. The fourth-order valence-electron chi connectivity index (χ4n) is 3.68. The van der Waals surface area contributed by atoms with Crippen molar-refractivity contribution in [3.8, 4) is 0 Å². The average Bonchev–Trinajstić information content (AvgIpc) is 2.85. The summed E-state index contributed by atoms with van der Waals surface area (Å²) in [6, 6.07) is 0.503. The summed E-state index contributed by atoms with van der Waals surface area (Å²) in [6.45, 7) is 2.40. The third-order valence-electron chi connectivity index (χ3n) is 4.97. The van der Waals surface area contributed by atoms with Crippen LogP contribution in [0.3, 0.4) is 0 Å². The molecule has 0 aliphatic heterocycles. The molecular formula is C16H26N2S. The van der Waals surface area contributed by atoms with Crippen LogP contribution in [0.2, 0.25) is 0 Å². The number of hydrogen-bond donors (Lipinski definition) is 1. The van der Waals surface area contributed by atoms with Crippen molar-refractivity contribution in [1.29, 1.82) is 0 Å². The van der Waals surface area contributed by atoms with Gasteiger partial charge in [-0.1, -0.05) is 19.8 Å². The monoisotopic (exact) mass is 278 g/mol. The van der Waals surface area contributed by atoms with Crippen molar-refractivity contribution in [2.24, 2.45) is 11.8 Å². The van der Waals surface area contributed by atoms with Crippen LogP contribution in [0.1, 0.15) is 67.1 Å². The lowest BCUT2D eigenvalue weighted by atomic mass is 9.79. The number of fused-ring (bicyclic) bond motifs is 1. The van der Waals surface area contributed by atoms with Crippen molar-refractivity contribution in [3.05, 3.63) is 15.6 Å². The Morgan fingerprint density at radius 1 is 1.16 bits per heavy atom. The summed E-state index contributed by atoms with van der Waals surface area (Å²) in [5.41, 5.74) is 1.41. The first-order chi connectivity index (χ1) is 9.28. The van der Waals surface area contributed by atoms with E-state index < -0.39 is 0 Å². The standard InChI is InChI=1S/C16H26N2S/c1-11-7-9-12(10-8-11)15(17-2)16-18-13-5-3-4-6-14(13)19-16/h11-12,15,17H,3-10H2,1-2H3. The van der Waals surface area contributed by atoms with Crippen molar-refractivity contribution < 1.29 is 0 Å². The van der Waals surface area contributed by atoms with Crippen LogP contribution in [0.5, 0.6) is 0 Å². The third kappa shape index (κ3) is 2.87. The highest BCUT2D eigenvalue weighted by Gasteiger charge is 2.29. The fraction of sp³-hybridized carbons (Fsp3) is 0.812. The van der Waals surface area contributed by atoms with Gasteiger partial charge in [0.2, 0.25) is 0 Å². The van der Waals surface area contributed by atoms with Crippen LogP contribution in [-0.4, -0.2) is 12.0 Å². The van der Waals surface area contributed by atoms with Gasteiger partial charge in [-0.15, -0.1) is 11.3 Å². The van der Waals surface area contributed by atoms with Crippen molar-refractivity contribution in [2.75, 3.05) is 7.05 Å². The largest absolute Gasteiger partial charge is 0.311 e. The summed E-state index contributed by atoms with van der Waals surface area (Å²) in [6.07, 6.45) is 10.7. The minimum absolute atomic E-state index is 0.503. The molecule has 0 radical (unpaired) electrons. The van der Waals surface area contributed by atoms with Crippen molar-refractivity contribution in [2.45, 2.75) is 64.3 Å². The van der Waals surface area contributed by atoms with E-state index in [0.717, 1.165) is 11.8 Å². The summed E-state index contributed by atoms with van der Waals surface area (Å²) in [5.74, 6) is 1.73. The third-order valence-corrected chi connectivity index (χ3v) is 6.21. The molecule has 0 spiro atoms. The zero-order valence-electron chi connectivity index (χ0n) is 12.2. The first-order valence-electron chi connectivity index (χ1n) is 7.93. The number of hydrogen-bond acceptors (Lipinski definition) is 3. The molecule has 0 saturated heterocycles. The van der Waals surface area contributed by atoms with Crippen molar-refractivity contribution >= 4 is 11.3 Å². The Bertz CT molecular complexity index is 395. The van der Waals surface area contributed by atoms with Crippen LogP contribution in [0.25, 0.3) is 0 Å². The maximum atomic E-state index is 4.97. The Labute approximate surface area is 121 Å². The maximum absolute atomic E-state index is 4.97. The highest BCUT2D eigenvalue weighted by molar-refractivity contribution is 7.11. The zero-order valence-corrected chi connectivity index (χ0v) is 13.1. The fourth-order valence-corrected chi connectivity index (χ4v) is 5.04. The highest BCUT2D eigenvalue weighted by atomic mass is 32.1. The van der Waals surface area contributed by atoms with Gasteiger partial charge in [-0.25, -0.2) is 4.98 Å².